The number of piperidine rings is 1. The maximum absolute atomic E-state index is 12.3. The average Bonchev–Trinajstić information content (AvgIpc) is 3.13. The van der Waals surface area contributed by atoms with Crippen molar-refractivity contribution in [2.24, 2.45) is 0 Å². The summed E-state index contributed by atoms with van der Waals surface area (Å²) in [5.41, 5.74) is 0.438. The highest BCUT2D eigenvalue weighted by atomic mass is 16.5. The zero-order valence-corrected chi connectivity index (χ0v) is 13.8. The largest absolute Gasteiger partial charge is 0.376 e. The highest BCUT2D eigenvalue weighted by Crippen LogP contribution is 2.25. The second-order valence-corrected chi connectivity index (χ2v) is 6.36. The van der Waals surface area contributed by atoms with Gasteiger partial charge in [0.25, 0.3) is 5.91 Å². The first-order valence-electron chi connectivity index (χ1n) is 8.76. The highest BCUT2D eigenvalue weighted by molar-refractivity contribution is 5.92. The molecule has 0 spiro atoms. The minimum absolute atomic E-state index is 0.144. The second kappa shape index (κ2) is 7.73. The minimum Gasteiger partial charge on any atom is -0.376 e. The molecule has 126 valence electrons. The number of nitrogens with one attached hydrogen (secondary N) is 1. The molecule has 1 N–H and O–H groups in total. The molecule has 1 aromatic rings. The van der Waals surface area contributed by atoms with Gasteiger partial charge in [-0.2, -0.15) is 0 Å². The molecule has 0 aromatic carbocycles. The summed E-state index contributed by atoms with van der Waals surface area (Å²) < 4.78 is 5.53. The number of carbonyl (C=O) groups is 1. The van der Waals surface area contributed by atoms with Crippen LogP contribution in [0.25, 0.3) is 0 Å². The van der Waals surface area contributed by atoms with Gasteiger partial charge >= 0.3 is 0 Å². The number of aromatic nitrogens is 2. The van der Waals surface area contributed by atoms with E-state index in [2.05, 4.69) is 27.1 Å². The molecule has 3 heterocycles. The van der Waals surface area contributed by atoms with E-state index in [9.17, 15) is 4.79 Å². The van der Waals surface area contributed by atoms with Gasteiger partial charge in [0, 0.05) is 31.8 Å². The summed E-state index contributed by atoms with van der Waals surface area (Å²) in [4.78, 5) is 23.2. The monoisotopic (exact) mass is 318 g/mol. The lowest BCUT2D eigenvalue weighted by Crippen LogP contribution is -2.40. The van der Waals surface area contributed by atoms with E-state index in [0.29, 0.717) is 18.3 Å². The van der Waals surface area contributed by atoms with Crippen LogP contribution >= 0.6 is 0 Å². The second-order valence-electron chi connectivity index (χ2n) is 6.36. The zero-order chi connectivity index (χ0) is 16.1. The van der Waals surface area contributed by atoms with Crippen LogP contribution in [0.3, 0.4) is 0 Å². The standard InChI is InChI=1S/C17H26N4O2/c1-2-13-6-3-4-8-21(13)16-10-15(19-12-20-16)17(22)18-11-14-7-5-9-23-14/h10,12-14H,2-9,11H2,1H3,(H,18,22). The Morgan fingerprint density at radius 1 is 1.35 bits per heavy atom. The topological polar surface area (TPSA) is 67.4 Å². The fraction of sp³-hybridized carbons (Fsp3) is 0.706. The van der Waals surface area contributed by atoms with Gasteiger partial charge in [-0.3, -0.25) is 4.79 Å². The maximum atomic E-state index is 12.3. The molecule has 0 radical (unpaired) electrons. The molecule has 2 aliphatic rings. The lowest BCUT2D eigenvalue weighted by Gasteiger charge is -2.36. The molecule has 2 saturated heterocycles. The van der Waals surface area contributed by atoms with E-state index < -0.39 is 0 Å². The van der Waals surface area contributed by atoms with Gasteiger partial charge in [-0.1, -0.05) is 6.92 Å². The molecule has 0 saturated carbocycles. The lowest BCUT2D eigenvalue weighted by atomic mass is 10.00. The number of amides is 1. The zero-order valence-electron chi connectivity index (χ0n) is 13.8. The number of hydrogen-bond donors (Lipinski definition) is 1. The van der Waals surface area contributed by atoms with Crippen molar-refractivity contribution in [1.82, 2.24) is 15.3 Å². The van der Waals surface area contributed by atoms with Crippen molar-refractivity contribution in [3.05, 3.63) is 18.1 Å². The van der Waals surface area contributed by atoms with E-state index in [-0.39, 0.29) is 12.0 Å². The van der Waals surface area contributed by atoms with Gasteiger partial charge in [0.1, 0.15) is 17.8 Å². The van der Waals surface area contributed by atoms with Crippen LogP contribution in [0.4, 0.5) is 5.82 Å². The van der Waals surface area contributed by atoms with Crippen molar-refractivity contribution in [2.75, 3.05) is 24.6 Å². The Labute approximate surface area is 137 Å². The third-order valence-corrected chi connectivity index (χ3v) is 4.79. The number of nitrogens with zero attached hydrogens (tertiary/aromatic N) is 3. The van der Waals surface area contributed by atoms with Crippen molar-refractivity contribution in [3.63, 3.8) is 0 Å². The Balaban J connectivity index is 1.64. The molecular formula is C17H26N4O2. The van der Waals surface area contributed by atoms with E-state index in [1.54, 1.807) is 0 Å². The first-order chi connectivity index (χ1) is 11.3. The van der Waals surface area contributed by atoms with Crippen LogP contribution < -0.4 is 10.2 Å². The van der Waals surface area contributed by atoms with Gasteiger partial charge in [0.2, 0.25) is 0 Å². The van der Waals surface area contributed by atoms with Crippen molar-refractivity contribution in [1.29, 1.82) is 0 Å². The van der Waals surface area contributed by atoms with Crippen LogP contribution in [0.1, 0.15) is 55.9 Å². The van der Waals surface area contributed by atoms with Crippen LogP contribution in [0.2, 0.25) is 0 Å². The minimum atomic E-state index is -0.144. The molecule has 2 fully saturated rings. The van der Waals surface area contributed by atoms with E-state index in [0.717, 1.165) is 38.2 Å². The average molecular weight is 318 g/mol. The molecule has 1 aromatic heterocycles. The van der Waals surface area contributed by atoms with Crippen LogP contribution in [0.15, 0.2) is 12.4 Å². The van der Waals surface area contributed by atoms with Gasteiger partial charge < -0.3 is 15.0 Å². The Morgan fingerprint density at radius 3 is 3.04 bits per heavy atom. The van der Waals surface area contributed by atoms with Crippen LogP contribution in [0, 0.1) is 0 Å². The first kappa shape index (κ1) is 16.2. The first-order valence-corrected chi connectivity index (χ1v) is 8.76. The SMILES string of the molecule is CCC1CCCCN1c1cc(C(=O)NCC2CCCO2)ncn1. The number of anilines is 1. The number of rotatable bonds is 5. The van der Waals surface area contributed by atoms with Crippen LogP contribution in [0.5, 0.6) is 0 Å². The van der Waals surface area contributed by atoms with Gasteiger partial charge in [-0.25, -0.2) is 9.97 Å². The van der Waals surface area contributed by atoms with Crippen LogP contribution in [-0.2, 0) is 4.74 Å². The summed E-state index contributed by atoms with van der Waals surface area (Å²) >= 11 is 0. The number of ether oxygens (including phenoxy) is 1. The Bertz CT molecular complexity index is 531. The van der Waals surface area contributed by atoms with Gasteiger partial charge in [0.05, 0.1) is 6.10 Å². The predicted molar refractivity (Wildman–Crippen MR) is 88.6 cm³/mol. The molecule has 2 atom stereocenters. The van der Waals surface area contributed by atoms with E-state index in [1.807, 2.05) is 6.07 Å². The number of carbonyl (C=O) groups excluding carboxylic acids is 1. The molecule has 6 nitrogen and oxygen atoms in total. The van der Waals surface area contributed by atoms with Crippen LogP contribution in [-0.4, -0.2) is 47.7 Å². The summed E-state index contributed by atoms with van der Waals surface area (Å²) in [5, 5.41) is 2.92. The molecule has 3 rings (SSSR count). The normalized spacial score (nSPS) is 24.7. The third-order valence-electron chi connectivity index (χ3n) is 4.79. The molecular weight excluding hydrogens is 292 g/mol. The quantitative estimate of drug-likeness (QED) is 0.901. The maximum Gasteiger partial charge on any atom is 0.270 e. The van der Waals surface area contributed by atoms with E-state index >= 15 is 0 Å². The molecule has 1 amide bonds. The highest BCUT2D eigenvalue weighted by Gasteiger charge is 2.23. The number of hydrogen-bond acceptors (Lipinski definition) is 5. The predicted octanol–water partition coefficient (Wildman–Crippen LogP) is 2.15. The van der Waals surface area contributed by atoms with Crippen molar-refractivity contribution < 1.29 is 9.53 Å². The van der Waals surface area contributed by atoms with Gasteiger partial charge in [-0.05, 0) is 38.5 Å². The van der Waals surface area contributed by atoms with E-state index in [1.165, 1.54) is 25.6 Å². The van der Waals surface area contributed by atoms with Gasteiger partial charge in [0.15, 0.2) is 0 Å². The van der Waals surface area contributed by atoms with Gasteiger partial charge in [-0.15, -0.1) is 0 Å². The molecule has 6 heteroatoms. The molecule has 2 aliphatic heterocycles. The van der Waals surface area contributed by atoms with Crippen molar-refractivity contribution >= 4 is 11.7 Å². The molecule has 0 aliphatic carbocycles. The van der Waals surface area contributed by atoms with Crippen molar-refractivity contribution in [3.8, 4) is 0 Å². The fourth-order valence-electron chi connectivity index (χ4n) is 3.46. The fourth-order valence-corrected chi connectivity index (χ4v) is 3.46. The Morgan fingerprint density at radius 2 is 2.26 bits per heavy atom. The summed E-state index contributed by atoms with van der Waals surface area (Å²) in [6.07, 6.45) is 8.48. The Kier molecular flexibility index (Phi) is 5.43. The summed E-state index contributed by atoms with van der Waals surface area (Å²) in [6, 6.07) is 2.33. The summed E-state index contributed by atoms with van der Waals surface area (Å²) in [5.74, 6) is 0.725. The molecule has 23 heavy (non-hydrogen) atoms. The Hall–Kier alpha value is -1.69. The summed E-state index contributed by atoms with van der Waals surface area (Å²) in [6.45, 7) is 4.57. The summed E-state index contributed by atoms with van der Waals surface area (Å²) in [7, 11) is 0. The third kappa shape index (κ3) is 3.99. The molecule has 2 unspecified atom stereocenters. The molecule has 0 bridgehead atoms. The lowest BCUT2D eigenvalue weighted by molar-refractivity contribution is 0.0853. The smallest absolute Gasteiger partial charge is 0.270 e. The van der Waals surface area contributed by atoms with Crippen molar-refractivity contribution in [2.45, 2.75) is 57.6 Å². The van der Waals surface area contributed by atoms with E-state index in [4.69, 9.17) is 4.74 Å².